The molecule has 0 aliphatic carbocycles. The van der Waals surface area contributed by atoms with Crippen LogP contribution in [0, 0.1) is 0 Å². The number of alkyl halides is 3. The maximum atomic E-state index is 13.7. The first kappa shape index (κ1) is 24.6. The predicted octanol–water partition coefficient (Wildman–Crippen LogP) is 2.25. The lowest BCUT2D eigenvalue weighted by Crippen LogP contribution is -2.46. The van der Waals surface area contributed by atoms with Crippen LogP contribution in [-0.2, 0) is 22.1 Å². The first-order valence-electron chi connectivity index (χ1n) is 12.6. The van der Waals surface area contributed by atoms with Crippen LogP contribution < -0.4 is 21.1 Å². The molecule has 2 N–H and O–H groups in total. The highest BCUT2D eigenvalue weighted by Crippen LogP contribution is 2.35. The number of fused-ring (bicyclic) bond motifs is 3. The van der Waals surface area contributed by atoms with E-state index in [4.69, 9.17) is 4.74 Å². The summed E-state index contributed by atoms with van der Waals surface area (Å²) in [4.78, 5) is 33.9. The Hall–Kier alpha value is -3.71. The van der Waals surface area contributed by atoms with Crippen molar-refractivity contribution in [3.05, 3.63) is 57.8 Å². The maximum absolute atomic E-state index is 13.7. The summed E-state index contributed by atoms with van der Waals surface area (Å²) in [6.45, 7) is 3.69. The number of carbonyl (C=O) groups is 1. The fraction of sp³-hybridized carbons (Fsp3) is 0.440. The summed E-state index contributed by atoms with van der Waals surface area (Å²) in [6.07, 6.45) is -1.06. The van der Waals surface area contributed by atoms with Crippen LogP contribution in [0.2, 0.25) is 0 Å². The van der Waals surface area contributed by atoms with Crippen LogP contribution in [-0.4, -0.2) is 64.5 Å². The number of amides is 1. The number of ether oxygens (including phenoxy) is 1. The van der Waals surface area contributed by atoms with E-state index in [0.29, 0.717) is 57.1 Å². The molecule has 3 aromatic rings. The molecule has 5 heterocycles. The van der Waals surface area contributed by atoms with Crippen molar-refractivity contribution < 1.29 is 22.7 Å². The Morgan fingerprint density at radius 3 is 2.58 bits per heavy atom. The molecule has 1 atom stereocenters. The van der Waals surface area contributed by atoms with E-state index in [9.17, 15) is 22.8 Å². The normalized spacial score (nSPS) is 19.9. The van der Waals surface area contributed by atoms with Crippen molar-refractivity contribution in [1.29, 1.82) is 0 Å². The van der Waals surface area contributed by atoms with E-state index < -0.39 is 23.7 Å². The monoisotopic (exact) mass is 529 g/mol. The van der Waals surface area contributed by atoms with E-state index >= 15 is 0 Å². The van der Waals surface area contributed by atoms with Crippen LogP contribution in [0.4, 0.5) is 24.5 Å². The van der Waals surface area contributed by atoms with Gasteiger partial charge in [-0.15, -0.1) is 5.10 Å². The number of nitrogens with zero attached hydrogens (tertiary/aromatic N) is 5. The van der Waals surface area contributed by atoms with Crippen LogP contribution in [0.5, 0.6) is 0 Å². The largest absolute Gasteiger partial charge is 0.416 e. The molecular formula is C25H26F3N7O3. The molecule has 2 aromatic heterocycles. The molecule has 200 valence electrons. The molecule has 3 aliphatic rings. The van der Waals surface area contributed by atoms with E-state index in [1.54, 1.807) is 4.57 Å². The van der Waals surface area contributed by atoms with Gasteiger partial charge in [-0.1, -0.05) is 6.08 Å². The molecule has 3 aliphatic heterocycles. The van der Waals surface area contributed by atoms with Crippen molar-refractivity contribution in [3.63, 3.8) is 0 Å². The average molecular weight is 530 g/mol. The summed E-state index contributed by atoms with van der Waals surface area (Å²) in [5.74, 6) is 0.304. The third kappa shape index (κ3) is 4.35. The van der Waals surface area contributed by atoms with Crippen LogP contribution >= 0.6 is 0 Å². The summed E-state index contributed by atoms with van der Waals surface area (Å²) in [7, 11) is 0. The molecule has 1 fully saturated rings. The molecule has 6 rings (SSSR count). The second-order valence-corrected chi connectivity index (χ2v) is 9.53. The number of hydrogen-bond acceptors (Lipinski definition) is 7. The Balaban J connectivity index is 1.41. The highest BCUT2D eigenvalue weighted by Gasteiger charge is 2.36. The Bertz CT molecular complexity index is 1470. The molecular weight excluding hydrogens is 503 g/mol. The number of hydrogen-bond donors (Lipinski definition) is 2. The van der Waals surface area contributed by atoms with E-state index in [1.807, 2.05) is 11.0 Å². The van der Waals surface area contributed by atoms with E-state index in [1.165, 1.54) is 16.6 Å². The number of aromatic nitrogens is 4. The summed E-state index contributed by atoms with van der Waals surface area (Å²) >= 11 is 0. The van der Waals surface area contributed by atoms with Crippen molar-refractivity contribution in [2.75, 3.05) is 49.6 Å². The van der Waals surface area contributed by atoms with E-state index in [2.05, 4.69) is 20.7 Å². The third-order valence-electron chi connectivity index (χ3n) is 7.20. The first-order chi connectivity index (χ1) is 18.3. The topological polar surface area (TPSA) is 106 Å². The molecule has 0 spiro atoms. The molecule has 1 saturated heterocycles. The van der Waals surface area contributed by atoms with Gasteiger partial charge in [0.1, 0.15) is 11.7 Å². The lowest BCUT2D eigenvalue weighted by molar-refractivity contribution is -0.137. The number of anilines is 2. The van der Waals surface area contributed by atoms with Crippen molar-refractivity contribution in [3.8, 4) is 0 Å². The number of rotatable bonds is 4. The van der Waals surface area contributed by atoms with E-state index in [0.717, 1.165) is 36.5 Å². The van der Waals surface area contributed by atoms with Crippen molar-refractivity contribution in [1.82, 2.24) is 24.5 Å². The van der Waals surface area contributed by atoms with Crippen molar-refractivity contribution in [2.45, 2.75) is 31.5 Å². The van der Waals surface area contributed by atoms with Gasteiger partial charge in [0.15, 0.2) is 5.82 Å². The van der Waals surface area contributed by atoms with E-state index in [-0.39, 0.29) is 17.0 Å². The quantitative estimate of drug-likeness (QED) is 0.534. The molecule has 1 amide bonds. The van der Waals surface area contributed by atoms with Gasteiger partial charge in [0.2, 0.25) is 11.7 Å². The zero-order valence-electron chi connectivity index (χ0n) is 20.4. The number of benzene rings is 1. The Labute approximate surface area is 215 Å². The van der Waals surface area contributed by atoms with Gasteiger partial charge >= 0.3 is 6.18 Å². The average Bonchev–Trinajstić information content (AvgIpc) is 3.55. The summed E-state index contributed by atoms with van der Waals surface area (Å²) in [5, 5.41) is 10.6. The van der Waals surface area contributed by atoms with Gasteiger partial charge in [-0.05, 0) is 49.1 Å². The maximum Gasteiger partial charge on any atom is 0.416 e. The SMILES string of the molecule is O=C(Nc1ccc(C(F)(F)F)cc1)C1CCc2c(N3CCNCC3)c(=O)n3nc(C4=CCOCC4)nc3n21. The summed E-state index contributed by atoms with van der Waals surface area (Å²) in [5.41, 5.74) is 1.30. The zero-order valence-corrected chi connectivity index (χ0v) is 20.4. The predicted molar refractivity (Wildman–Crippen MR) is 133 cm³/mol. The molecule has 38 heavy (non-hydrogen) atoms. The summed E-state index contributed by atoms with van der Waals surface area (Å²) in [6, 6.07) is 3.62. The molecule has 0 radical (unpaired) electrons. The minimum atomic E-state index is -4.46. The smallest absolute Gasteiger partial charge is 0.377 e. The van der Waals surface area contributed by atoms with Gasteiger partial charge in [-0.2, -0.15) is 22.7 Å². The fourth-order valence-electron chi connectivity index (χ4n) is 5.31. The van der Waals surface area contributed by atoms with Gasteiger partial charge in [0, 0.05) is 31.9 Å². The van der Waals surface area contributed by atoms with Crippen molar-refractivity contribution in [2.24, 2.45) is 0 Å². The van der Waals surface area contributed by atoms with Crippen LogP contribution in [0.15, 0.2) is 35.1 Å². The second-order valence-electron chi connectivity index (χ2n) is 9.53. The minimum Gasteiger partial charge on any atom is -0.377 e. The van der Waals surface area contributed by atoms with Gasteiger partial charge in [-0.25, -0.2) is 0 Å². The molecule has 0 bridgehead atoms. The van der Waals surface area contributed by atoms with Gasteiger partial charge in [0.05, 0.1) is 24.5 Å². The molecule has 1 aromatic carbocycles. The molecule has 0 saturated carbocycles. The third-order valence-corrected chi connectivity index (χ3v) is 7.20. The molecule has 10 nitrogen and oxygen atoms in total. The van der Waals surface area contributed by atoms with Crippen LogP contribution in [0.3, 0.4) is 0 Å². The molecule has 13 heteroatoms. The Morgan fingerprint density at radius 2 is 1.89 bits per heavy atom. The zero-order chi connectivity index (χ0) is 26.4. The minimum absolute atomic E-state index is 0.255. The standard InChI is InChI=1S/C25H26F3N7O3/c26-25(27,28)16-1-3-17(4-2-16)30-22(36)19-6-5-18-20(33-11-9-29-10-12-33)23(37)35-24(34(18)19)31-21(32-35)15-7-13-38-14-8-15/h1-4,7,19,29H,5-6,8-14H2,(H,30,36). The van der Waals surface area contributed by atoms with Crippen LogP contribution in [0.25, 0.3) is 11.4 Å². The number of carbonyl (C=O) groups excluding carboxylic acids is 1. The Morgan fingerprint density at radius 1 is 1.13 bits per heavy atom. The van der Waals surface area contributed by atoms with Gasteiger partial charge in [-0.3, -0.25) is 14.2 Å². The Kier molecular flexibility index (Phi) is 6.19. The summed E-state index contributed by atoms with van der Waals surface area (Å²) < 4.78 is 47.3. The highest BCUT2D eigenvalue weighted by molar-refractivity contribution is 5.94. The fourth-order valence-corrected chi connectivity index (χ4v) is 5.31. The molecule has 1 unspecified atom stereocenters. The van der Waals surface area contributed by atoms with Crippen LogP contribution in [0.1, 0.15) is 36.0 Å². The highest BCUT2D eigenvalue weighted by atomic mass is 19.4. The lowest BCUT2D eigenvalue weighted by Gasteiger charge is -2.30. The first-order valence-corrected chi connectivity index (χ1v) is 12.6. The number of piperazine rings is 1. The lowest BCUT2D eigenvalue weighted by atomic mass is 10.1. The van der Waals surface area contributed by atoms with Gasteiger partial charge < -0.3 is 20.3 Å². The number of nitrogens with one attached hydrogen (secondary N) is 2. The number of halogens is 3. The second kappa shape index (κ2) is 9.55. The van der Waals surface area contributed by atoms with Crippen molar-refractivity contribution >= 4 is 28.6 Å². The van der Waals surface area contributed by atoms with Gasteiger partial charge in [0.25, 0.3) is 5.56 Å².